The van der Waals surface area contributed by atoms with Crippen molar-refractivity contribution in [2.24, 2.45) is 0 Å². The molecule has 0 saturated carbocycles. The Bertz CT molecular complexity index is 74.6. The molecule has 0 N–H and O–H groups in total. The molecule has 1 saturated heterocycles. The Hall–Kier alpha value is 1.42. The average molecular weight is 357 g/mol. The van der Waals surface area contributed by atoms with Crippen LogP contribution in [0.4, 0.5) is 0 Å². The third-order valence-corrected chi connectivity index (χ3v) is 12.7. The van der Waals surface area contributed by atoms with E-state index in [0.717, 1.165) is 12.3 Å². The molecular formula is C5H12OPoSSi. The quantitative estimate of drug-likeness (QED) is 0.547. The molecule has 9 heavy (non-hydrogen) atoms. The summed E-state index contributed by atoms with van der Waals surface area (Å²) < 4.78 is 5.57. The second-order valence-electron chi connectivity index (χ2n) is 2.28. The molecule has 1 rings (SSSR count). The van der Waals surface area contributed by atoms with Crippen LogP contribution in [-0.2, 0) is 4.74 Å². The summed E-state index contributed by atoms with van der Waals surface area (Å²) in [6, 6.07) is 0. The van der Waals surface area contributed by atoms with Crippen molar-refractivity contribution in [1.29, 1.82) is 0 Å². The molecule has 54 valence electrons. The Morgan fingerprint density at radius 3 is 3.00 bits per heavy atom. The maximum absolute atomic E-state index is 5.57. The van der Waals surface area contributed by atoms with E-state index in [4.69, 9.17) is 4.74 Å². The summed E-state index contributed by atoms with van der Waals surface area (Å²) in [5.74, 6) is 0. The molecule has 1 fully saturated rings. The first kappa shape index (κ1) is 8.52. The molecule has 1 nitrogen and oxygen atoms in total. The van der Waals surface area contributed by atoms with Gasteiger partial charge < -0.3 is 0 Å². The third kappa shape index (κ3) is 3.36. The van der Waals surface area contributed by atoms with E-state index in [1.54, 1.807) is 0 Å². The van der Waals surface area contributed by atoms with Crippen LogP contribution in [0.2, 0.25) is 0 Å². The van der Waals surface area contributed by atoms with Gasteiger partial charge in [0.05, 0.1) is 0 Å². The Balaban J connectivity index is 2.08. The summed E-state index contributed by atoms with van der Waals surface area (Å²) >= 11 is -0.127. The summed E-state index contributed by atoms with van der Waals surface area (Å²) in [5.41, 5.74) is 0.737. The van der Waals surface area contributed by atoms with Gasteiger partial charge in [-0.25, -0.2) is 0 Å². The molecule has 0 amide bonds. The summed E-state index contributed by atoms with van der Waals surface area (Å²) in [6.45, 7) is 1.22. The van der Waals surface area contributed by atoms with Crippen molar-refractivity contribution in [3.8, 4) is 0 Å². The minimum absolute atomic E-state index is 0.127. The Morgan fingerprint density at radius 2 is 2.44 bits per heavy atom. The molecule has 0 aliphatic carbocycles. The number of hydrogen-bond acceptors (Lipinski definition) is 2. The molecular weight excluding hydrogens is 345 g/mol. The summed E-state index contributed by atoms with van der Waals surface area (Å²) in [6.07, 6.45) is 4.05. The van der Waals surface area contributed by atoms with Crippen molar-refractivity contribution in [3.63, 3.8) is 0 Å². The van der Waals surface area contributed by atoms with E-state index < -0.39 is 0 Å². The van der Waals surface area contributed by atoms with Crippen molar-refractivity contribution in [1.82, 2.24) is 0 Å². The monoisotopic (exact) mass is 357 g/mol. The van der Waals surface area contributed by atoms with Gasteiger partial charge >= 0.3 is 73.5 Å². The second kappa shape index (κ2) is 5.12. The fourth-order valence-corrected chi connectivity index (χ4v) is 11.3. The SMILES string of the molecule is [SH][Po][SiH2]C1CCCCO1. The fraction of sp³-hybridized carbons (Fsp3) is 1.00. The summed E-state index contributed by atoms with van der Waals surface area (Å²) in [4.78, 5) is 0. The molecule has 0 spiro atoms. The van der Waals surface area contributed by atoms with Crippen LogP contribution in [0.5, 0.6) is 0 Å². The number of thiol groups is 1. The van der Waals surface area contributed by atoms with E-state index in [0.29, 0.717) is 0 Å². The molecule has 0 aromatic heterocycles. The van der Waals surface area contributed by atoms with E-state index in [-0.39, 0.29) is 27.8 Å². The molecule has 0 aromatic carbocycles. The van der Waals surface area contributed by atoms with Crippen LogP contribution in [0.25, 0.3) is 0 Å². The molecule has 1 heterocycles. The number of rotatable bonds is 2. The molecule has 1 aliphatic rings. The van der Waals surface area contributed by atoms with Gasteiger partial charge in [0.1, 0.15) is 0 Å². The molecule has 0 bridgehead atoms. The van der Waals surface area contributed by atoms with E-state index in [1.807, 2.05) is 0 Å². The van der Waals surface area contributed by atoms with E-state index in [1.165, 1.54) is 19.3 Å². The molecule has 0 radical (unpaired) electrons. The van der Waals surface area contributed by atoms with Crippen LogP contribution < -0.4 is 0 Å². The van der Waals surface area contributed by atoms with Gasteiger partial charge in [-0.1, -0.05) is 0 Å². The third-order valence-electron chi connectivity index (χ3n) is 1.53. The molecule has 0 aromatic rings. The van der Waals surface area contributed by atoms with Gasteiger partial charge in [-0.2, -0.15) is 0 Å². The fourth-order valence-electron chi connectivity index (χ4n) is 1.02. The van der Waals surface area contributed by atoms with Crippen molar-refractivity contribution >= 4 is 37.1 Å². The van der Waals surface area contributed by atoms with Crippen LogP contribution in [0.1, 0.15) is 19.3 Å². The zero-order chi connectivity index (χ0) is 6.53. The van der Waals surface area contributed by atoms with E-state index >= 15 is 0 Å². The first-order valence-electron chi connectivity index (χ1n) is 3.31. The molecule has 4 heteroatoms. The Labute approximate surface area is 73.1 Å². The van der Waals surface area contributed by atoms with Gasteiger partial charge in [0, 0.05) is 0 Å². The van der Waals surface area contributed by atoms with E-state index in [9.17, 15) is 0 Å². The Kier molecular flexibility index (Phi) is 4.85. The predicted octanol–water partition coefficient (Wildman–Crippen LogP) is 0.146. The first-order valence-corrected chi connectivity index (χ1v) is 16.1. The minimum atomic E-state index is -0.127. The standard InChI is InChI=1S/C5H11OSi.Po.H2S/c7-5-3-1-2-4-6-5;;/h5H,1-4,7H2;;1H2/q;+1;/p-1. The zero-order valence-electron chi connectivity index (χ0n) is 5.38. The topological polar surface area (TPSA) is 9.23 Å². The molecule has 1 unspecified atom stereocenters. The predicted molar refractivity (Wildman–Crippen MR) is 46.9 cm³/mol. The van der Waals surface area contributed by atoms with E-state index in [2.05, 4.69) is 9.32 Å². The van der Waals surface area contributed by atoms with Crippen LogP contribution in [0, 0.1) is 0 Å². The summed E-state index contributed by atoms with van der Waals surface area (Å²) in [5, 5.41) is 0. The van der Waals surface area contributed by atoms with Crippen LogP contribution in [-0.4, -0.2) is 40.2 Å². The van der Waals surface area contributed by atoms with Crippen molar-refractivity contribution in [2.45, 2.75) is 25.0 Å². The second-order valence-corrected chi connectivity index (χ2v) is 17.5. The number of hydrogen-bond donors (Lipinski definition) is 1. The summed E-state index contributed by atoms with van der Waals surface area (Å²) in [7, 11) is 4.38. The van der Waals surface area contributed by atoms with Gasteiger partial charge in [-0.15, -0.1) is 0 Å². The zero-order valence-corrected chi connectivity index (χ0v) is 10.9. The van der Waals surface area contributed by atoms with Crippen molar-refractivity contribution in [2.75, 3.05) is 6.61 Å². The van der Waals surface area contributed by atoms with Crippen LogP contribution >= 0.6 is 9.32 Å². The normalized spacial score (nSPS) is 29.7. The number of ether oxygens (including phenoxy) is 1. The van der Waals surface area contributed by atoms with Crippen LogP contribution in [0.15, 0.2) is 0 Å². The molecule has 1 aliphatic heterocycles. The average Bonchev–Trinajstić information content (AvgIpc) is 1.91. The van der Waals surface area contributed by atoms with Crippen molar-refractivity contribution in [3.05, 3.63) is 0 Å². The maximum atomic E-state index is 5.57. The van der Waals surface area contributed by atoms with Gasteiger partial charge in [-0.3, -0.25) is 0 Å². The van der Waals surface area contributed by atoms with Gasteiger partial charge in [0.2, 0.25) is 0 Å². The van der Waals surface area contributed by atoms with Gasteiger partial charge in [0.25, 0.3) is 0 Å². The Morgan fingerprint density at radius 1 is 1.56 bits per heavy atom. The first-order chi connectivity index (χ1) is 4.43. The van der Waals surface area contributed by atoms with Gasteiger partial charge in [0.15, 0.2) is 0 Å². The van der Waals surface area contributed by atoms with Gasteiger partial charge in [-0.05, 0) is 0 Å². The van der Waals surface area contributed by atoms with Crippen molar-refractivity contribution < 1.29 is 4.74 Å². The molecule has 1 atom stereocenters. The van der Waals surface area contributed by atoms with Crippen LogP contribution in [0.3, 0.4) is 0 Å².